The number of hydrogen-bond donors (Lipinski definition) is 2. The Morgan fingerprint density at radius 3 is 2.91 bits per heavy atom. The van der Waals surface area contributed by atoms with Crippen LogP contribution in [0.25, 0.3) is 10.2 Å². The van der Waals surface area contributed by atoms with Crippen LogP contribution in [0.4, 0.5) is 17.6 Å². The number of aromatic amines is 1. The normalized spacial score (nSPS) is 21.8. The number of carbonyl (C=O) groups is 1. The molecular formula is C23H22N8OS. The van der Waals surface area contributed by atoms with Gasteiger partial charge in [0, 0.05) is 43.2 Å². The number of H-pyrrole nitrogens is 1. The smallest absolute Gasteiger partial charge is 0.255 e. The Hall–Kier alpha value is -3.53. The van der Waals surface area contributed by atoms with Crippen molar-refractivity contribution in [1.82, 2.24) is 30.0 Å². The summed E-state index contributed by atoms with van der Waals surface area (Å²) in [5, 5.41) is 13.0. The topological polar surface area (TPSA) is 103 Å². The summed E-state index contributed by atoms with van der Waals surface area (Å²) in [5.74, 6) is 2.95. The SMILES string of the molecule is O=C(c1cccnc1)N1C[C@@H]2C[C@H]1CN2c1nc(Nc2cc(C3CC3)[nH]n2)c2sccc2n1. The molecule has 3 aliphatic rings. The van der Waals surface area contributed by atoms with Crippen LogP contribution in [-0.2, 0) is 0 Å². The first-order valence-electron chi connectivity index (χ1n) is 11.3. The molecule has 1 aliphatic carbocycles. The zero-order valence-electron chi connectivity index (χ0n) is 17.8. The fraction of sp³-hybridized carbons (Fsp3) is 0.348. The summed E-state index contributed by atoms with van der Waals surface area (Å²) in [5.41, 5.74) is 2.75. The monoisotopic (exact) mass is 458 g/mol. The molecule has 4 aromatic rings. The van der Waals surface area contributed by atoms with E-state index in [1.807, 2.05) is 22.4 Å². The molecule has 2 N–H and O–H groups in total. The van der Waals surface area contributed by atoms with Crippen LogP contribution in [-0.4, -0.2) is 61.1 Å². The van der Waals surface area contributed by atoms with Gasteiger partial charge in [0.25, 0.3) is 5.91 Å². The number of thiophene rings is 1. The second-order valence-corrected chi connectivity index (χ2v) is 9.93. The highest BCUT2D eigenvalue weighted by Gasteiger charge is 2.46. The van der Waals surface area contributed by atoms with Crippen LogP contribution in [0.2, 0.25) is 0 Å². The molecule has 7 rings (SSSR count). The summed E-state index contributed by atoms with van der Waals surface area (Å²) in [6, 6.07) is 8.12. The van der Waals surface area contributed by atoms with E-state index in [0.29, 0.717) is 24.0 Å². The quantitative estimate of drug-likeness (QED) is 0.472. The maximum atomic E-state index is 12.9. The van der Waals surface area contributed by atoms with Gasteiger partial charge < -0.3 is 15.1 Å². The number of likely N-dealkylation sites (tertiary alicyclic amines) is 1. The third-order valence-corrected chi connectivity index (χ3v) is 7.73. The molecule has 2 bridgehead atoms. The van der Waals surface area contributed by atoms with Crippen LogP contribution in [0, 0.1) is 0 Å². The van der Waals surface area contributed by atoms with Crippen LogP contribution in [0.1, 0.15) is 41.2 Å². The van der Waals surface area contributed by atoms with E-state index in [2.05, 4.69) is 31.5 Å². The van der Waals surface area contributed by atoms with Crippen molar-refractivity contribution in [3.8, 4) is 0 Å². The van der Waals surface area contributed by atoms with Gasteiger partial charge in [0.1, 0.15) is 0 Å². The van der Waals surface area contributed by atoms with Gasteiger partial charge >= 0.3 is 0 Å². The molecular weight excluding hydrogens is 436 g/mol. The van der Waals surface area contributed by atoms with Crippen LogP contribution >= 0.6 is 11.3 Å². The van der Waals surface area contributed by atoms with E-state index < -0.39 is 0 Å². The first kappa shape index (κ1) is 19.0. The molecule has 1 saturated carbocycles. The number of rotatable bonds is 5. The van der Waals surface area contributed by atoms with Gasteiger partial charge in [0.05, 0.1) is 27.9 Å². The molecule has 2 atom stereocenters. The lowest BCUT2D eigenvalue weighted by Gasteiger charge is -2.34. The maximum absolute atomic E-state index is 12.9. The first-order valence-corrected chi connectivity index (χ1v) is 12.2. The van der Waals surface area contributed by atoms with E-state index in [0.717, 1.165) is 34.8 Å². The van der Waals surface area contributed by atoms with Crippen LogP contribution in [0.5, 0.6) is 0 Å². The van der Waals surface area contributed by atoms with Gasteiger partial charge in [-0.25, -0.2) is 4.98 Å². The van der Waals surface area contributed by atoms with E-state index in [1.54, 1.807) is 29.8 Å². The Kier molecular flexibility index (Phi) is 4.17. The van der Waals surface area contributed by atoms with Crippen molar-refractivity contribution in [3.63, 3.8) is 0 Å². The Morgan fingerprint density at radius 2 is 2.12 bits per heavy atom. The average Bonchev–Trinajstić information content (AvgIpc) is 3.22. The number of amides is 1. The van der Waals surface area contributed by atoms with Crippen molar-refractivity contribution in [1.29, 1.82) is 0 Å². The molecule has 2 aliphatic heterocycles. The third-order valence-electron chi connectivity index (χ3n) is 6.82. The van der Waals surface area contributed by atoms with Gasteiger partial charge in [-0.2, -0.15) is 10.1 Å². The zero-order chi connectivity index (χ0) is 21.9. The maximum Gasteiger partial charge on any atom is 0.255 e. The molecule has 1 amide bonds. The van der Waals surface area contributed by atoms with Crippen molar-refractivity contribution in [2.24, 2.45) is 0 Å². The number of hydrogen-bond acceptors (Lipinski definition) is 8. The van der Waals surface area contributed by atoms with Gasteiger partial charge in [-0.05, 0) is 42.8 Å². The summed E-state index contributed by atoms with van der Waals surface area (Å²) in [6.07, 6.45) is 6.72. The minimum absolute atomic E-state index is 0.0526. The molecule has 3 fully saturated rings. The molecule has 9 nitrogen and oxygen atoms in total. The van der Waals surface area contributed by atoms with E-state index in [-0.39, 0.29) is 18.0 Å². The fourth-order valence-electron chi connectivity index (χ4n) is 5.01. The van der Waals surface area contributed by atoms with E-state index in [1.165, 1.54) is 18.5 Å². The van der Waals surface area contributed by atoms with Crippen LogP contribution in [0.3, 0.4) is 0 Å². The number of nitrogens with one attached hydrogen (secondary N) is 2. The lowest BCUT2D eigenvalue weighted by molar-refractivity contribution is 0.0724. The minimum Gasteiger partial charge on any atom is -0.334 e. The van der Waals surface area contributed by atoms with Crippen LogP contribution in [0.15, 0.2) is 42.0 Å². The number of nitrogens with zero attached hydrogens (tertiary/aromatic N) is 6. The number of aromatic nitrogens is 5. The summed E-state index contributed by atoms with van der Waals surface area (Å²) in [6.45, 7) is 1.41. The van der Waals surface area contributed by atoms with Gasteiger partial charge in [0.2, 0.25) is 5.95 Å². The number of pyridine rings is 1. The van der Waals surface area contributed by atoms with Crippen molar-refractivity contribution < 1.29 is 4.79 Å². The molecule has 4 aromatic heterocycles. The van der Waals surface area contributed by atoms with Gasteiger partial charge in [-0.1, -0.05) is 0 Å². The van der Waals surface area contributed by atoms with E-state index in [9.17, 15) is 4.79 Å². The number of fused-ring (bicyclic) bond motifs is 3. The fourth-order valence-corrected chi connectivity index (χ4v) is 5.78. The van der Waals surface area contributed by atoms with Crippen molar-refractivity contribution in [2.45, 2.75) is 37.3 Å². The second kappa shape index (κ2) is 7.24. The predicted octanol–water partition coefficient (Wildman–Crippen LogP) is 3.53. The molecule has 0 aromatic carbocycles. The molecule has 0 spiro atoms. The Labute approximate surface area is 193 Å². The highest BCUT2D eigenvalue weighted by Crippen LogP contribution is 2.40. The zero-order valence-corrected chi connectivity index (χ0v) is 18.6. The standard InChI is InChI=1S/C23H22N8OS/c32-22(14-2-1-6-24-10-14)30-11-16-8-15(30)12-31(16)23-25-17-5-7-33-20(17)21(27-23)26-19-9-18(28-29-19)13-3-4-13/h1-2,5-7,9-10,13,15-16H,3-4,8,11-12H2,(H2,25,26,27,28,29)/t15-,16-/m0/s1. The Bertz CT molecular complexity index is 1350. The molecule has 2 saturated heterocycles. The highest BCUT2D eigenvalue weighted by molar-refractivity contribution is 7.17. The summed E-state index contributed by atoms with van der Waals surface area (Å²) < 4.78 is 1.02. The molecule has 166 valence electrons. The molecule has 33 heavy (non-hydrogen) atoms. The number of carbonyl (C=O) groups excluding carboxylic acids is 1. The molecule has 10 heteroatoms. The average molecular weight is 459 g/mol. The second-order valence-electron chi connectivity index (χ2n) is 9.01. The van der Waals surface area contributed by atoms with Crippen LogP contribution < -0.4 is 10.2 Å². The molecule has 0 unspecified atom stereocenters. The predicted molar refractivity (Wildman–Crippen MR) is 126 cm³/mol. The lowest BCUT2D eigenvalue weighted by atomic mass is 10.2. The molecule has 6 heterocycles. The summed E-state index contributed by atoms with van der Waals surface area (Å²) in [7, 11) is 0. The van der Waals surface area contributed by atoms with Gasteiger partial charge in [0.15, 0.2) is 11.6 Å². The first-order chi connectivity index (χ1) is 16.2. The number of piperazine rings is 1. The summed E-state index contributed by atoms with van der Waals surface area (Å²) >= 11 is 1.62. The molecule has 0 radical (unpaired) electrons. The van der Waals surface area contributed by atoms with E-state index >= 15 is 0 Å². The van der Waals surface area contributed by atoms with Crippen molar-refractivity contribution in [2.75, 3.05) is 23.3 Å². The van der Waals surface area contributed by atoms with E-state index in [4.69, 9.17) is 9.97 Å². The van der Waals surface area contributed by atoms with Gasteiger partial charge in [-0.15, -0.1) is 11.3 Å². The minimum atomic E-state index is 0.0526. The lowest BCUT2D eigenvalue weighted by Crippen LogP contribution is -2.49. The van der Waals surface area contributed by atoms with Crippen molar-refractivity contribution in [3.05, 3.63) is 53.3 Å². The Balaban J connectivity index is 1.15. The largest absolute Gasteiger partial charge is 0.334 e. The van der Waals surface area contributed by atoms with Crippen molar-refractivity contribution >= 4 is 45.0 Å². The number of anilines is 3. The third kappa shape index (κ3) is 3.24. The highest BCUT2D eigenvalue weighted by atomic mass is 32.1. The Morgan fingerprint density at radius 1 is 1.18 bits per heavy atom. The summed E-state index contributed by atoms with van der Waals surface area (Å²) in [4.78, 5) is 31.0. The van der Waals surface area contributed by atoms with Gasteiger partial charge in [-0.3, -0.25) is 14.9 Å².